The second-order valence-corrected chi connectivity index (χ2v) is 6.59. The van der Waals surface area contributed by atoms with Gasteiger partial charge in [0.25, 0.3) is 0 Å². The summed E-state index contributed by atoms with van der Waals surface area (Å²) in [5, 5.41) is 11.9. The number of rotatable bonds is 7. The summed E-state index contributed by atoms with van der Waals surface area (Å²) in [7, 11) is 0. The molecule has 0 unspecified atom stereocenters. The zero-order chi connectivity index (χ0) is 16.7. The van der Waals surface area contributed by atoms with E-state index < -0.39 is 5.97 Å². The molecular weight excluding hydrogens is 348 g/mol. The van der Waals surface area contributed by atoms with Gasteiger partial charge in [-0.05, 0) is 38.1 Å². The molecule has 0 aliphatic carbocycles. The Balaban J connectivity index is 0.00000288. The number of thioether (sulfide) groups is 1. The van der Waals surface area contributed by atoms with Gasteiger partial charge in [-0.15, -0.1) is 30.7 Å². The van der Waals surface area contributed by atoms with Crippen LogP contribution in [0.3, 0.4) is 0 Å². The summed E-state index contributed by atoms with van der Waals surface area (Å²) in [6.07, 6.45) is 3.04. The van der Waals surface area contributed by atoms with Crippen molar-refractivity contribution in [1.29, 1.82) is 0 Å². The number of anilines is 1. The Morgan fingerprint density at radius 1 is 1.33 bits per heavy atom. The number of amides is 1. The quantitative estimate of drug-likeness (QED) is 0.570. The van der Waals surface area contributed by atoms with E-state index in [9.17, 15) is 9.59 Å². The zero-order valence-corrected chi connectivity index (χ0v) is 15.1. The van der Waals surface area contributed by atoms with Crippen LogP contribution in [0.15, 0.2) is 41.8 Å². The molecule has 132 valence electrons. The predicted octanol–water partition coefficient (Wildman–Crippen LogP) is 3.12. The second kappa shape index (κ2) is 10.4. The van der Waals surface area contributed by atoms with Crippen molar-refractivity contribution < 1.29 is 14.7 Å². The molecule has 1 aromatic carbocycles. The van der Waals surface area contributed by atoms with Crippen LogP contribution in [0.25, 0.3) is 0 Å². The number of hydrogen-bond acceptors (Lipinski definition) is 4. The van der Waals surface area contributed by atoms with Crippen LogP contribution < -0.4 is 5.32 Å². The first kappa shape index (κ1) is 20.5. The maximum Gasteiger partial charge on any atom is 0.306 e. The van der Waals surface area contributed by atoms with Gasteiger partial charge in [0.15, 0.2) is 0 Å². The van der Waals surface area contributed by atoms with E-state index in [1.54, 1.807) is 11.8 Å². The Bertz CT molecular complexity index is 575. The predicted molar refractivity (Wildman–Crippen MR) is 100 cm³/mol. The molecule has 5 nitrogen and oxygen atoms in total. The fourth-order valence-corrected chi connectivity index (χ4v) is 3.32. The zero-order valence-electron chi connectivity index (χ0n) is 13.4. The smallest absolute Gasteiger partial charge is 0.306 e. The van der Waals surface area contributed by atoms with E-state index in [1.807, 2.05) is 35.2 Å². The average molecular weight is 371 g/mol. The Hall–Kier alpha value is -1.50. The third-order valence-electron chi connectivity index (χ3n) is 3.82. The molecule has 2 N–H and O–H groups in total. The van der Waals surface area contributed by atoms with Crippen LogP contribution in [-0.2, 0) is 9.59 Å². The highest BCUT2D eigenvalue weighted by molar-refractivity contribution is 7.99. The number of carboxylic acid groups (broad SMARTS) is 1. The molecule has 0 saturated carbocycles. The average Bonchev–Trinajstić information content (AvgIpc) is 2.54. The van der Waals surface area contributed by atoms with Crippen LogP contribution in [0.1, 0.15) is 12.8 Å². The lowest BCUT2D eigenvalue weighted by molar-refractivity contribution is -0.143. The van der Waals surface area contributed by atoms with E-state index in [2.05, 4.69) is 11.9 Å². The van der Waals surface area contributed by atoms with Crippen molar-refractivity contribution >= 4 is 41.7 Å². The summed E-state index contributed by atoms with van der Waals surface area (Å²) in [5.41, 5.74) is 0.810. The molecule has 1 heterocycles. The molecular formula is C17H23ClN2O3S. The van der Waals surface area contributed by atoms with Crippen LogP contribution in [0, 0.1) is 5.92 Å². The molecule has 0 bridgehead atoms. The Labute approximate surface area is 152 Å². The summed E-state index contributed by atoms with van der Waals surface area (Å²) >= 11 is 1.63. The third-order valence-corrected chi connectivity index (χ3v) is 4.89. The fraction of sp³-hybridized carbons (Fsp3) is 0.412. The van der Waals surface area contributed by atoms with Crippen molar-refractivity contribution in [3.8, 4) is 0 Å². The second-order valence-electron chi connectivity index (χ2n) is 5.53. The maximum absolute atomic E-state index is 12.2. The van der Waals surface area contributed by atoms with Crippen LogP contribution in [0.2, 0.25) is 0 Å². The van der Waals surface area contributed by atoms with E-state index in [-0.39, 0.29) is 24.2 Å². The van der Waals surface area contributed by atoms with Gasteiger partial charge in [-0.2, -0.15) is 0 Å². The SMILES string of the molecule is C=CCSc1ccccc1NC(=O)CN1CCC(C(=O)O)CC1.Cl. The lowest BCUT2D eigenvalue weighted by atomic mass is 9.97. The molecule has 0 radical (unpaired) electrons. The number of likely N-dealkylation sites (tertiary alicyclic amines) is 1. The number of halogens is 1. The summed E-state index contributed by atoms with van der Waals surface area (Å²) in [6, 6.07) is 7.70. The first-order valence-electron chi connectivity index (χ1n) is 7.68. The highest BCUT2D eigenvalue weighted by Crippen LogP contribution is 2.27. The van der Waals surface area contributed by atoms with Gasteiger partial charge in [0.1, 0.15) is 0 Å². The molecule has 2 rings (SSSR count). The number of benzene rings is 1. The Morgan fingerprint density at radius 2 is 2.00 bits per heavy atom. The van der Waals surface area contributed by atoms with Gasteiger partial charge in [0.2, 0.25) is 5.91 Å². The fourth-order valence-electron chi connectivity index (χ4n) is 2.58. The van der Waals surface area contributed by atoms with Gasteiger partial charge in [0.05, 0.1) is 18.2 Å². The number of aliphatic carboxylic acids is 1. The molecule has 24 heavy (non-hydrogen) atoms. The number of hydrogen-bond donors (Lipinski definition) is 2. The van der Waals surface area contributed by atoms with Gasteiger partial charge in [-0.25, -0.2) is 0 Å². The number of nitrogens with zero attached hydrogens (tertiary/aromatic N) is 1. The topological polar surface area (TPSA) is 69.6 Å². The van der Waals surface area contributed by atoms with Crippen molar-refractivity contribution in [1.82, 2.24) is 4.90 Å². The normalized spacial score (nSPS) is 15.3. The highest BCUT2D eigenvalue weighted by atomic mass is 35.5. The summed E-state index contributed by atoms with van der Waals surface area (Å²) < 4.78 is 0. The van der Waals surface area contributed by atoms with Crippen molar-refractivity contribution in [3.63, 3.8) is 0 Å². The minimum Gasteiger partial charge on any atom is -0.481 e. The number of nitrogens with one attached hydrogen (secondary N) is 1. The number of carbonyl (C=O) groups excluding carboxylic acids is 1. The summed E-state index contributed by atoms with van der Waals surface area (Å²) in [5.74, 6) is -0.284. The lowest BCUT2D eigenvalue weighted by Gasteiger charge is -2.29. The summed E-state index contributed by atoms with van der Waals surface area (Å²) in [6.45, 7) is 5.30. The van der Waals surface area contributed by atoms with Gasteiger partial charge in [-0.3, -0.25) is 14.5 Å². The van der Waals surface area contributed by atoms with E-state index in [0.717, 1.165) is 16.3 Å². The standard InChI is InChI=1S/C17H22N2O3S.ClH/c1-2-11-23-15-6-4-3-5-14(15)18-16(20)12-19-9-7-13(8-10-19)17(21)22;/h2-6,13H,1,7-12H2,(H,18,20)(H,21,22);1H. The number of carboxylic acids is 1. The van der Waals surface area contributed by atoms with Crippen LogP contribution in [0.5, 0.6) is 0 Å². The van der Waals surface area contributed by atoms with Crippen molar-refractivity contribution in [2.45, 2.75) is 17.7 Å². The van der Waals surface area contributed by atoms with E-state index >= 15 is 0 Å². The molecule has 1 aliphatic rings. The van der Waals surface area contributed by atoms with Crippen LogP contribution in [0.4, 0.5) is 5.69 Å². The molecule has 1 aliphatic heterocycles. The van der Waals surface area contributed by atoms with Gasteiger partial charge >= 0.3 is 5.97 Å². The van der Waals surface area contributed by atoms with Gasteiger partial charge < -0.3 is 10.4 Å². The first-order chi connectivity index (χ1) is 11.1. The minimum absolute atomic E-state index is 0. The maximum atomic E-state index is 12.2. The monoisotopic (exact) mass is 370 g/mol. The first-order valence-corrected chi connectivity index (χ1v) is 8.66. The Kier molecular flexibility index (Phi) is 8.89. The van der Waals surface area contributed by atoms with Gasteiger partial charge in [0, 0.05) is 10.6 Å². The number of carbonyl (C=O) groups is 2. The molecule has 7 heteroatoms. The number of piperidine rings is 1. The highest BCUT2D eigenvalue weighted by Gasteiger charge is 2.25. The van der Waals surface area contributed by atoms with E-state index in [0.29, 0.717) is 32.5 Å². The van der Waals surface area contributed by atoms with Crippen LogP contribution >= 0.6 is 24.2 Å². The third kappa shape index (κ3) is 6.19. The molecule has 1 aromatic rings. The van der Waals surface area contributed by atoms with Crippen molar-refractivity contribution in [3.05, 3.63) is 36.9 Å². The minimum atomic E-state index is -0.734. The van der Waals surface area contributed by atoms with E-state index in [1.165, 1.54) is 0 Å². The van der Waals surface area contributed by atoms with Crippen LogP contribution in [-0.4, -0.2) is 47.3 Å². The largest absolute Gasteiger partial charge is 0.481 e. The van der Waals surface area contributed by atoms with E-state index in [4.69, 9.17) is 5.11 Å². The van der Waals surface area contributed by atoms with Crippen molar-refractivity contribution in [2.24, 2.45) is 5.92 Å². The lowest BCUT2D eigenvalue weighted by Crippen LogP contribution is -2.40. The van der Waals surface area contributed by atoms with Crippen molar-refractivity contribution in [2.75, 3.05) is 30.7 Å². The summed E-state index contributed by atoms with van der Waals surface area (Å²) in [4.78, 5) is 26.2. The number of para-hydroxylation sites is 1. The Morgan fingerprint density at radius 3 is 2.62 bits per heavy atom. The molecule has 1 fully saturated rings. The van der Waals surface area contributed by atoms with Gasteiger partial charge in [-0.1, -0.05) is 18.2 Å². The molecule has 0 atom stereocenters. The molecule has 1 amide bonds. The molecule has 0 aromatic heterocycles. The molecule has 1 saturated heterocycles. The molecule has 0 spiro atoms.